The van der Waals surface area contributed by atoms with E-state index in [2.05, 4.69) is 13.2 Å². The minimum atomic E-state index is -1.29. The smallest absolute Gasteiger partial charge is 0.290 e. The largest absolute Gasteiger partial charge is 0.330 e. The summed E-state index contributed by atoms with van der Waals surface area (Å²) in [6.45, 7) is 11.9. The second-order valence-corrected chi connectivity index (χ2v) is 3.73. The lowest BCUT2D eigenvalue weighted by atomic mass is 10.3. The van der Waals surface area contributed by atoms with E-state index >= 15 is 0 Å². The van der Waals surface area contributed by atoms with E-state index in [0.29, 0.717) is 26.1 Å². The maximum absolute atomic E-state index is 5.85. The fourth-order valence-electron chi connectivity index (χ4n) is 1.66. The summed E-state index contributed by atoms with van der Waals surface area (Å²) in [5.74, 6) is -2.57. The predicted molar refractivity (Wildman–Crippen MR) is 73.4 cm³/mol. The van der Waals surface area contributed by atoms with Crippen molar-refractivity contribution in [2.75, 3.05) is 27.4 Å². The molecule has 0 heterocycles. The van der Waals surface area contributed by atoms with Crippen LogP contribution in [-0.2, 0) is 23.7 Å². The second-order valence-electron chi connectivity index (χ2n) is 3.73. The molecule has 0 radical (unpaired) electrons. The number of ether oxygens (including phenoxy) is 5. The summed E-state index contributed by atoms with van der Waals surface area (Å²) >= 11 is 0. The van der Waals surface area contributed by atoms with Gasteiger partial charge in [0.05, 0.1) is 0 Å². The predicted octanol–water partition coefficient (Wildman–Crippen LogP) is 2.83. The highest BCUT2D eigenvalue weighted by atomic mass is 17.0. The van der Waals surface area contributed by atoms with E-state index in [-0.39, 0.29) is 0 Å². The molecule has 0 aromatic heterocycles. The normalized spacial score (nSPS) is 17.5. The molecule has 0 spiro atoms. The average Bonchev–Trinajstić information content (AvgIpc) is 2.39. The molecule has 0 fully saturated rings. The van der Waals surface area contributed by atoms with Crippen LogP contribution in [0.4, 0.5) is 0 Å². The van der Waals surface area contributed by atoms with Crippen molar-refractivity contribution in [2.45, 2.75) is 38.6 Å². The Hall–Kier alpha value is -0.720. The summed E-state index contributed by atoms with van der Waals surface area (Å²) in [6, 6.07) is 0. The van der Waals surface area contributed by atoms with Crippen molar-refractivity contribution in [2.24, 2.45) is 0 Å². The van der Waals surface area contributed by atoms with Crippen LogP contribution in [0.25, 0.3) is 0 Å². The van der Waals surface area contributed by atoms with Gasteiger partial charge in [-0.2, -0.15) is 0 Å². The lowest BCUT2D eigenvalue weighted by Gasteiger charge is -2.40. The Morgan fingerprint density at radius 3 is 1.42 bits per heavy atom. The molecule has 0 saturated heterocycles. The van der Waals surface area contributed by atoms with Crippen molar-refractivity contribution < 1.29 is 23.7 Å². The molecule has 0 aliphatic heterocycles. The summed E-state index contributed by atoms with van der Waals surface area (Å²) in [5, 5.41) is 0. The van der Waals surface area contributed by atoms with Crippen LogP contribution in [0.15, 0.2) is 25.3 Å². The molecule has 0 amide bonds. The summed E-state index contributed by atoms with van der Waals surface area (Å²) in [4.78, 5) is 0. The Morgan fingerprint density at radius 2 is 1.21 bits per heavy atom. The molecule has 0 rings (SSSR count). The van der Waals surface area contributed by atoms with E-state index in [0.717, 1.165) is 0 Å². The van der Waals surface area contributed by atoms with Crippen molar-refractivity contribution in [3.63, 3.8) is 0 Å². The van der Waals surface area contributed by atoms with E-state index in [9.17, 15) is 0 Å². The van der Waals surface area contributed by atoms with E-state index in [1.165, 1.54) is 14.2 Å². The van der Waals surface area contributed by atoms with Gasteiger partial charge in [0.1, 0.15) is 0 Å². The van der Waals surface area contributed by atoms with Crippen LogP contribution in [-0.4, -0.2) is 39.4 Å². The van der Waals surface area contributed by atoms with Crippen LogP contribution in [0.1, 0.15) is 26.7 Å². The van der Waals surface area contributed by atoms with Gasteiger partial charge < -0.3 is 18.9 Å². The molecular weight excluding hydrogens is 248 g/mol. The first-order valence-corrected chi connectivity index (χ1v) is 6.37. The van der Waals surface area contributed by atoms with Gasteiger partial charge in [0, 0.05) is 40.3 Å². The maximum atomic E-state index is 5.85. The molecular formula is C14H26O5. The molecule has 19 heavy (non-hydrogen) atoms. The van der Waals surface area contributed by atoms with Gasteiger partial charge in [-0.3, -0.25) is 4.74 Å². The topological polar surface area (TPSA) is 46.2 Å². The molecule has 0 aliphatic carbocycles. The Balaban J connectivity index is 5.19. The Kier molecular flexibility index (Phi) is 8.88. The summed E-state index contributed by atoms with van der Waals surface area (Å²) in [5.41, 5.74) is 0. The van der Waals surface area contributed by atoms with Crippen molar-refractivity contribution in [3.05, 3.63) is 25.3 Å². The monoisotopic (exact) mass is 274 g/mol. The van der Waals surface area contributed by atoms with Crippen LogP contribution >= 0.6 is 0 Å². The molecule has 5 nitrogen and oxygen atoms in total. The van der Waals surface area contributed by atoms with Crippen molar-refractivity contribution in [3.8, 4) is 0 Å². The summed E-state index contributed by atoms with van der Waals surface area (Å²) in [6.07, 6.45) is 3.98. The molecule has 5 heteroatoms. The van der Waals surface area contributed by atoms with Crippen molar-refractivity contribution in [1.29, 1.82) is 0 Å². The minimum Gasteiger partial charge on any atom is -0.330 e. The molecule has 0 saturated carbocycles. The molecule has 112 valence electrons. The quantitative estimate of drug-likeness (QED) is 0.404. The van der Waals surface area contributed by atoms with Gasteiger partial charge in [0.2, 0.25) is 0 Å². The van der Waals surface area contributed by atoms with Gasteiger partial charge >= 0.3 is 0 Å². The third kappa shape index (κ3) is 5.42. The van der Waals surface area contributed by atoms with Gasteiger partial charge in [0.25, 0.3) is 11.9 Å². The Labute approximate surface area is 116 Å². The summed E-state index contributed by atoms with van der Waals surface area (Å²) < 4.78 is 27.7. The zero-order valence-corrected chi connectivity index (χ0v) is 12.4. The molecule has 0 bridgehead atoms. The first-order valence-electron chi connectivity index (χ1n) is 6.37. The lowest BCUT2D eigenvalue weighted by molar-refractivity contribution is -0.493. The first-order chi connectivity index (χ1) is 9.07. The number of methoxy groups -OCH3 is 2. The van der Waals surface area contributed by atoms with E-state index < -0.39 is 11.9 Å². The molecule has 2 atom stereocenters. The van der Waals surface area contributed by atoms with Gasteiger partial charge in [-0.15, -0.1) is 13.2 Å². The highest BCUT2D eigenvalue weighted by Gasteiger charge is 2.43. The second kappa shape index (κ2) is 9.23. The van der Waals surface area contributed by atoms with Gasteiger partial charge in [-0.05, 0) is 13.8 Å². The fraction of sp³-hybridized carbons (Fsp3) is 0.714. The zero-order valence-electron chi connectivity index (χ0n) is 12.4. The molecule has 2 unspecified atom stereocenters. The standard InChI is InChI=1S/C14H26O5/c1-7-11-13(15-5,17-9-3)19-14(16-6,12-8-2)18-10-4/h7-8H,1-2,9-12H2,3-6H3. The van der Waals surface area contributed by atoms with Crippen LogP contribution in [0, 0.1) is 0 Å². The third-order valence-electron chi connectivity index (χ3n) is 2.45. The number of rotatable bonds is 12. The zero-order chi connectivity index (χ0) is 14.8. The lowest BCUT2D eigenvalue weighted by Crippen LogP contribution is -2.50. The molecule has 0 aromatic rings. The molecule has 0 N–H and O–H groups in total. The van der Waals surface area contributed by atoms with Gasteiger partial charge in [-0.1, -0.05) is 12.2 Å². The average molecular weight is 274 g/mol. The van der Waals surface area contributed by atoms with Crippen LogP contribution in [0.5, 0.6) is 0 Å². The van der Waals surface area contributed by atoms with E-state index in [4.69, 9.17) is 23.7 Å². The summed E-state index contributed by atoms with van der Waals surface area (Å²) in [7, 11) is 3.00. The highest BCUT2D eigenvalue weighted by molar-refractivity contribution is 4.79. The van der Waals surface area contributed by atoms with Crippen LogP contribution in [0.2, 0.25) is 0 Å². The Bertz CT molecular complexity index is 243. The molecule has 0 aromatic carbocycles. The first kappa shape index (κ1) is 18.3. The Morgan fingerprint density at radius 1 is 0.842 bits per heavy atom. The third-order valence-corrected chi connectivity index (χ3v) is 2.45. The molecule has 0 aliphatic rings. The highest BCUT2D eigenvalue weighted by Crippen LogP contribution is 2.31. The minimum absolute atomic E-state index is 0.340. The van der Waals surface area contributed by atoms with Crippen molar-refractivity contribution >= 4 is 0 Å². The van der Waals surface area contributed by atoms with E-state index in [1.807, 2.05) is 13.8 Å². The van der Waals surface area contributed by atoms with Crippen molar-refractivity contribution in [1.82, 2.24) is 0 Å². The maximum Gasteiger partial charge on any atom is 0.290 e. The number of hydrogen-bond donors (Lipinski definition) is 0. The SMILES string of the molecule is C=CCC(OC)(OCC)OC(CC=C)(OC)OCC. The van der Waals surface area contributed by atoms with Gasteiger partial charge in [-0.25, -0.2) is 0 Å². The number of hydrogen-bond acceptors (Lipinski definition) is 5. The van der Waals surface area contributed by atoms with Gasteiger partial charge in [0.15, 0.2) is 0 Å². The van der Waals surface area contributed by atoms with Crippen LogP contribution in [0.3, 0.4) is 0 Å². The van der Waals surface area contributed by atoms with E-state index in [1.54, 1.807) is 12.2 Å². The fourth-order valence-corrected chi connectivity index (χ4v) is 1.66. The van der Waals surface area contributed by atoms with Crippen LogP contribution < -0.4 is 0 Å².